The highest BCUT2D eigenvalue weighted by Gasteiger charge is 2.67. The molecule has 2 saturated heterocycles. The normalized spacial score (nSPS) is 32.5. The minimum Gasteiger partial charge on any atom is -0.360 e. The summed E-state index contributed by atoms with van der Waals surface area (Å²) >= 11 is 0. The first-order valence-electron chi connectivity index (χ1n) is 10.7. The molecule has 1 spiro atoms. The van der Waals surface area contributed by atoms with E-state index in [0.717, 1.165) is 36.8 Å². The smallest absolute Gasteiger partial charge is 0.323 e. The number of fused-ring (bicyclic) bond motifs is 2. The van der Waals surface area contributed by atoms with Gasteiger partial charge in [0.2, 0.25) is 11.8 Å². The molecule has 0 radical (unpaired) electrons. The molecule has 1 aromatic heterocycles. The maximum atomic E-state index is 13.3. The zero-order valence-corrected chi connectivity index (χ0v) is 16.5. The average Bonchev–Trinajstić information content (AvgIpc) is 3.52. The fourth-order valence-electron chi connectivity index (χ4n) is 5.85. The van der Waals surface area contributed by atoms with Gasteiger partial charge in [0, 0.05) is 12.6 Å². The molecule has 3 N–H and O–H groups in total. The zero-order valence-electron chi connectivity index (χ0n) is 16.5. The van der Waals surface area contributed by atoms with Gasteiger partial charge in [-0.15, -0.1) is 0 Å². The van der Waals surface area contributed by atoms with Gasteiger partial charge < -0.3 is 24.9 Å². The summed E-state index contributed by atoms with van der Waals surface area (Å²) in [6, 6.07) is 5.81. The van der Waals surface area contributed by atoms with Crippen LogP contribution in [0.15, 0.2) is 35.1 Å². The molecule has 3 fully saturated rings. The van der Waals surface area contributed by atoms with Gasteiger partial charge in [-0.25, -0.2) is 4.79 Å². The van der Waals surface area contributed by atoms with E-state index < -0.39 is 17.4 Å². The number of nitrogens with zero attached hydrogens (tertiary/aromatic N) is 1. The predicted octanol–water partition coefficient (Wildman–Crippen LogP) is 1.20. The molecule has 4 heterocycles. The molecule has 2 bridgehead atoms. The van der Waals surface area contributed by atoms with Crippen molar-refractivity contribution in [2.24, 2.45) is 11.8 Å². The Hall–Kier alpha value is -2.87. The number of carbonyl (C=O) groups excluding carboxylic acids is 2. The number of aromatic nitrogens is 2. The van der Waals surface area contributed by atoms with Gasteiger partial charge in [-0.05, 0) is 30.5 Å². The van der Waals surface area contributed by atoms with Crippen molar-refractivity contribution in [3.8, 4) is 0 Å². The second-order valence-corrected chi connectivity index (χ2v) is 8.98. The molecule has 30 heavy (non-hydrogen) atoms. The summed E-state index contributed by atoms with van der Waals surface area (Å²) in [5, 5.41) is 2.99. The largest absolute Gasteiger partial charge is 0.360 e. The minimum atomic E-state index is -0.643. The third kappa shape index (κ3) is 2.52. The number of nitrogens with one attached hydrogen (secondary N) is 3. The van der Waals surface area contributed by atoms with Crippen molar-refractivity contribution in [1.29, 1.82) is 0 Å². The summed E-state index contributed by atoms with van der Waals surface area (Å²) in [4.78, 5) is 45.3. The summed E-state index contributed by atoms with van der Waals surface area (Å²) in [6.07, 6.45) is 8.02. The first-order valence-corrected chi connectivity index (χ1v) is 10.7. The molecule has 0 unspecified atom stereocenters. The fraction of sp³-hybridized carbons (Fsp3) is 0.500. The van der Waals surface area contributed by atoms with Gasteiger partial charge in [-0.3, -0.25) is 9.59 Å². The van der Waals surface area contributed by atoms with E-state index in [4.69, 9.17) is 4.74 Å². The molecular formula is C22H24N4O4. The Labute approximate surface area is 172 Å². The van der Waals surface area contributed by atoms with Crippen LogP contribution < -0.4 is 11.0 Å². The van der Waals surface area contributed by atoms with Crippen molar-refractivity contribution in [2.75, 3.05) is 6.54 Å². The number of ether oxygens (including phenoxy) is 1. The van der Waals surface area contributed by atoms with Crippen LogP contribution in [0.5, 0.6) is 0 Å². The number of likely N-dealkylation sites (tertiary alicyclic amines) is 1. The van der Waals surface area contributed by atoms with Gasteiger partial charge in [0.1, 0.15) is 5.60 Å². The second kappa shape index (κ2) is 6.31. The van der Waals surface area contributed by atoms with E-state index in [9.17, 15) is 14.4 Å². The van der Waals surface area contributed by atoms with Gasteiger partial charge in [-0.2, -0.15) is 0 Å². The van der Waals surface area contributed by atoms with E-state index in [1.54, 1.807) is 0 Å². The Morgan fingerprint density at radius 2 is 2.00 bits per heavy atom. The molecule has 2 amide bonds. The third-order valence-electron chi connectivity index (χ3n) is 7.24. The number of hydrogen-bond acceptors (Lipinski definition) is 4. The molecule has 8 nitrogen and oxygen atoms in total. The zero-order chi connectivity index (χ0) is 20.5. The van der Waals surface area contributed by atoms with E-state index in [-0.39, 0.29) is 29.6 Å². The van der Waals surface area contributed by atoms with Crippen molar-refractivity contribution in [2.45, 2.75) is 50.0 Å². The molecule has 1 aliphatic carbocycles. The van der Waals surface area contributed by atoms with Crippen molar-refractivity contribution in [1.82, 2.24) is 20.2 Å². The summed E-state index contributed by atoms with van der Waals surface area (Å²) in [5.41, 5.74) is 1.41. The number of hydrogen-bond donors (Lipinski definition) is 3. The molecule has 3 aliphatic heterocycles. The van der Waals surface area contributed by atoms with Crippen LogP contribution in [-0.4, -0.2) is 51.0 Å². The molecule has 4 atom stereocenters. The standard InChI is InChI=1S/C22H24N4O4/c27-19(23-10-12-5-6-14-15(9-12)25-21(29)24-14)17-16-7-8-22(30-16)11-26(20(28)18(17)22)13-3-1-2-4-13/h5-9,13,16-18H,1-4,10-11H2,(H,23,27)(H2,24,25,29)/t16-,17-,18-,22+/m1/s1. The number of rotatable bonds is 4. The molecule has 2 aromatic rings. The number of imidazole rings is 1. The Balaban J connectivity index is 1.20. The summed E-state index contributed by atoms with van der Waals surface area (Å²) in [6.45, 7) is 0.893. The lowest BCUT2D eigenvalue weighted by Gasteiger charge is -2.27. The first-order chi connectivity index (χ1) is 14.5. The van der Waals surface area contributed by atoms with Gasteiger partial charge in [-0.1, -0.05) is 31.1 Å². The molecule has 156 valence electrons. The monoisotopic (exact) mass is 408 g/mol. The SMILES string of the molecule is O=C(NCc1ccc2[nH]c(=O)[nH]c2c1)[C@@H]1[C@H]2C=C[C@@]3(CN(C4CCCC4)C(=O)[C@@H]13)O2. The molecule has 1 aromatic carbocycles. The highest BCUT2D eigenvalue weighted by atomic mass is 16.5. The maximum Gasteiger partial charge on any atom is 0.323 e. The fourth-order valence-corrected chi connectivity index (χ4v) is 5.85. The highest BCUT2D eigenvalue weighted by molar-refractivity contribution is 5.93. The summed E-state index contributed by atoms with van der Waals surface area (Å²) < 4.78 is 6.21. The van der Waals surface area contributed by atoms with Crippen LogP contribution in [0.3, 0.4) is 0 Å². The predicted molar refractivity (Wildman–Crippen MR) is 108 cm³/mol. The van der Waals surface area contributed by atoms with Crippen molar-refractivity contribution in [3.05, 3.63) is 46.4 Å². The van der Waals surface area contributed by atoms with Gasteiger partial charge in [0.15, 0.2) is 0 Å². The van der Waals surface area contributed by atoms with Crippen LogP contribution in [0.25, 0.3) is 11.0 Å². The third-order valence-corrected chi connectivity index (χ3v) is 7.24. The molecule has 6 rings (SSSR count). The number of carbonyl (C=O) groups is 2. The lowest BCUT2D eigenvalue weighted by molar-refractivity contribution is -0.138. The maximum absolute atomic E-state index is 13.3. The minimum absolute atomic E-state index is 0.0696. The van der Waals surface area contributed by atoms with Crippen LogP contribution in [0, 0.1) is 11.8 Å². The average molecular weight is 408 g/mol. The van der Waals surface area contributed by atoms with Crippen molar-refractivity contribution in [3.63, 3.8) is 0 Å². The van der Waals surface area contributed by atoms with Crippen LogP contribution in [-0.2, 0) is 20.9 Å². The van der Waals surface area contributed by atoms with Crippen LogP contribution in [0.4, 0.5) is 0 Å². The Bertz CT molecular complexity index is 1130. The number of aromatic amines is 2. The van der Waals surface area contributed by atoms with Gasteiger partial charge in [0.25, 0.3) is 0 Å². The first kappa shape index (κ1) is 17.9. The van der Waals surface area contributed by atoms with E-state index >= 15 is 0 Å². The molecular weight excluding hydrogens is 384 g/mol. The quantitative estimate of drug-likeness (QED) is 0.661. The van der Waals surface area contributed by atoms with Crippen LogP contribution in [0.2, 0.25) is 0 Å². The lowest BCUT2D eigenvalue weighted by Crippen LogP contribution is -2.44. The molecule has 8 heteroatoms. The van der Waals surface area contributed by atoms with Gasteiger partial charge >= 0.3 is 5.69 Å². The van der Waals surface area contributed by atoms with E-state index in [1.807, 2.05) is 35.3 Å². The Morgan fingerprint density at radius 1 is 1.20 bits per heavy atom. The summed E-state index contributed by atoms with van der Waals surface area (Å²) in [5.74, 6) is -1.01. The van der Waals surface area contributed by atoms with Gasteiger partial charge in [0.05, 0.1) is 35.5 Å². The molecule has 4 aliphatic rings. The number of H-pyrrole nitrogens is 2. The number of amides is 2. The van der Waals surface area contributed by atoms with E-state index in [1.165, 1.54) is 0 Å². The second-order valence-electron chi connectivity index (χ2n) is 8.98. The van der Waals surface area contributed by atoms with Crippen LogP contribution in [0.1, 0.15) is 31.2 Å². The number of benzene rings is 1. The highest BCUT2D eigenvalue weighted by Crippen LogP contribution is 2.53. The Morgan fingerprint density at radius 3 is 2.83 bits per heavy atom. The van der Waals surface area contributed by atoms with Crippen LogP contribution >= 0.6 is 0 Å². The van der Waals surface area contributed by atoms with Crippen molar-refractivity contribution >= 4 is 22.8 Å². The topological polar surface area (TPSA) is 107 Å². The lowest BCUT2D eigenvalue weighted by atomic mass is 9.77. The van der Waals surface area contributed by atoms with Crippen molar-refractivity contribution < 1.29 is 14.3 Å². The van der Waals surface area contributed by atoms with E-state index in [2.05, 4.69) is 15.3 Å². The van der Waals surface area contributed by atoms with E-state index in [0.29, 0.717) is 18.6 Å². The molecule has 1 saturated carbocycles. The Kier molecular flexibility index (Phi) is 3.78. The summed E-state index contributed by atoms with van der Waals surface area (Å²) in [7, 11) is 0.